The molecule has 1 aromatic rings. The highest BCUT2D eigenvalue weighted by Crippen LogP contribution is 2.04. The summed E-state index contributed by atoms with van der Waals surface area (Å²) in [5.74, 6) is 0.556. The van der Waals surface area contributed by atoms with Gasteiger partial charge in [-0.25, -0.2) is 4.99 Å². The zero-order chi connectivity index (χ0) is 12.1. The average molecular weight is 215 g/mol. The largest absolute Gasteiger partial charge is 0.394 e. The molecule has 0 radical (unpaired) electrons. The molecular weight excluding hydrogens is 194 g/mol. The fourth-order valence-corrected chi connectivity index (χ4v) is 0.723. The summed E-state index contributed by atoms with van der Waals surface area (Å²) in [6.07, 6.45) is 2.92. The van der Waals surface area contributed by atoms with Crippen LogP contribution in [0.2, 0.25) is 0 Å². The lowest BCUT2D eigenvalue weighted by Crippen LogP contribution is -2.01. The summed E-state index contributed by atoms with van der Waals surface area (Å²) in [7, 11) is 1.50. The maximum atomic E-state index is 8.53. The van der Waals surface area contributed by atoms with Crippen LogP contribution in [0.15, 0.2) is 17.3 Å². The van der Waals surface area contributed by atoms with Gasteiger partial charge in [-0.3, -0.25) is 4.68 Å². The Hall–Kier alpha value is -1.40. The van der Waals surface area contributed by atoms with Crippen LogP contribution in [0, 0.1) is 0 Å². The van der Waals surface area contributed by atoms with Gasteiger partial charge in [-0.05, 0) is 7.05 Å². The monoisotopic (exact) mass is 215 g/mol. The second kappa shape index (κ2) is 12.6. The molecule has 0 unspecified atom stereocenters. The maximum absolute atomic E-state index is 8.53. The van der Waals surface area contributed by atoms with Crippen LogP contribution >= 0.6 is 0 Å². The highest BCUT2D eigenvalue weighted by Gasteiger charge is 1.93. The van der Waals surface area contributed by atoms with Crippen LogP contribution in [0.3, 0.4) is 0 Å². The smallest absolute Gasteiger partial charge is 0.175 e. The van der Waals surface area contributed by atoms with Crippen molar-refractivity contribution in [3.05, 3.63) is 12.3 Å². The molecule has 0 saturated carbocycles. The number of rotatable bonds is 3. The van der Waals surface area contributed by atoms with Gasteiger partial charge in [0.25, 0.3) is 0 Å². The maximum Gasteiger partial charge on any atom is 0.175 e. The average Bonchev–Trinajstić information content (AvgIpc) is 2.73. The van der Waals surface area contributed by atoms with Gasteiger partial charge < -0.3 is 16.6 Å². The van der Waals surface area contributed by atoms with Gasteiger partial charge in [0.15, 0.2) is 5.82 Å². The summed E-state index contributed by atoms with van der Waals surface area (Å²) < 4.78 is 1.60. The van der Waals surface area contributed by atoms with E-state index in [1.165, 1.54) is 13.4 Å². The number of aromatic nitrogens is 2. The fraction of sp³-hybridized carbons (Fsp3) is 0.556. The Morgan fingerprint density at radius 1 is 1.53 bits per heavy atom. The van der Waals surface area contributed by atoms with Gasteiger partial charge in [0, 0.05) is 12.3 Å². The van der Waals surface area contributed by atoms with Gasteiger partial charge in [0.1, 0.15) is 0 Å². The van der Waals surface area contributed by atoms with Crippen molar-refractivity contribution in [1.82, 2.24) is 9.78 Å². The van der Waals surface area contributed by atoms with E-state index in [1.807, 2.05) is 13.8 Å². The van der Waals surface area contributed by atoms with E-state index >= 15 is 0 Å². The van der Waals surface area contributed by atoms with Crippen LogP contribution in [0.4, 0.5) is 5.82 Å². The summed E-state index contributed by atoms with van der Waals surface area (Å²) >= 11 is 0. The van der Waals surface area contributed by atoms with Crippen molar-refractivity contribution in [2.75, 3.05) is 13.7 Å². The molecule has 88 valence electrons. The molecule has 1 heterocycles. The van der Waals surface area contributed by atoms with Crippen LogP contribution in [0.1, 0.15) is 13.8 Å². The third kappa shape index (κ3) is 7.65. The molecule has 5 N–H and O–H groups in total. The third-order valence-corrected chi connectivity index (χ3v) is 1.16. The molecule has 1 rings (SSSR count). The summed E-state index contributed by atoms with van der Waals surface area (Å²) in [4.78, 5) is 3.75. The number of aliphatic imine (C=N–C) groups is 1. The first-order chi connectivity index (χ1) is 7.36. The molecule has 15 heavy (non-hydrogen) atoms. The number of hydrogen-bond acceptors (Lipinski definition) is 4. The van der Waals surface area contributed by atoms with Crippen molar-refractivity contribution < 1.29 is 5.11 Å². The molecule has 0 aromatic carbocycles. The first kappa shape index (κ1) is 16.0. The molecule has 0 fully saturated rings. The lowest BCUT2D eigenvalue weighted by Gasteiger charge is -1.93. The van der Waals surface area contributed by atoms with Crippen molar-refractivity contribution in [1.29, 1.82) is 0 Å². The minimum atomic E-state index is 0.0768. The lowest BCUT2D eigenvalue weighted by atomic mass is 10.6. The number of aliphatic hydroxyl groups excluding tert-OH is 1. The summed E-state index contributed by atoms with van der Waals surface area (Å²) in [6.45, 7) is 4.56. The molecular formula is C9H21N5O. The van der Waals surface area contributed by atoms with E-state index in [1.54, 1.807) is 16.9 Å². The Labute approximate surface area is 90.6 Å². The normalized spacial score (nSPS) is 8.87. The highest BCUT2D eigenvalue weighted by atomic mass is 16.3. The van der Waals surface area contributed by atoms with Crippen LogP contribution in [0.5, 0.6) is 0 Å². The molecule has 6 heteroatoms. The van der Waals surface area contributed by atoms with Crippen molar-refractivity contribution >= 4 is 12.2 Å². The molecule has 0 spiro atoms. The Morgan fingerprint density at radius 2 is 2.13 bits per heavy atom. The Bertz CT molecular complexity index is 246. The SMILES string of the molecule is CC.CN.NC=Nc1ccn(CCO)n1. The molecule has 0 aliphatic heterocycles. The molecule has 0 aliphatic carbocycles. The molecule has 0 saturated heterocycles. The van der Waals surface area contributed by atoms with Crippen LogP contribution in [-0.2, 0) is 6.54 Å². The van der Waals surface area contributed by atoms with Crippen molar-refractivity contribution in [2.24, 2.45) is 16.5 Å². The number of hydrogen-bond donors (Lipinski definition) is 3. The minimum Gasteiger partial charge on any atom is -0.394 e. The van der Waals surface area contributed by atoms with Crippen LogP contribution in [-0.4, -0.2) is 34.9 Å². The number of nitrogens with two attached hydrogens (primary N) is 2. The second-order valence-electron chi connectivity index (χ2n) is 1.94. The first-order valence-electron chi connectivity index (χ1n) is 4.83. The van der Waals surface area contributed by atoms with E-state index in [-0.39, 0.29) is 6.61 Å². The van der Waals surface area contributed by atoms with E-state index in [2.05, 4.69) is 15.8 Å². The zero-order valence-electron chi connectivity index (χ0n) is 9.59. The van der Waals surface area contributed by atoms with Crippen LogP contribution in [0.25, 0.3) is 0 Å². The zero-order valence-corrected chi connectivity index (χ0v) is 9.59. The third-order valence-electron chi connectivity index (χ3n) is 1.16. The Morgan fingerprint density at radius 3 is 2.60 bits per heavy atom. The van der Waals surface area contributed by atoms with Crippen molar-refractivity contribution in [3.8, 4) is 0 Å². The van der Waals surface area contributed by atoms with E-state index in [9.17, 15) is 0 Å². The van der Waals surface area contributed by atoms with E-state index in [0.717, 1.165) is 0 Å². The molecule has 1 aromatic heterocycles. The van der Waals surface area contributed by atoms with Gasteiger partial charge in [-0.15, -0.1) is 0 Å². The topological polar surface area (TPSA) is 102 Å². The summed E-state index contributed by atoms with van der Waals surface area (Å²) in [6, 6.07) is 1.72. The first-order valence-corrected chi connectivity index (χ1v) is 4.83. The molecule has 0 atom stereocenters. The van der Waals surface area contributed by atoms with Gasteiger partial charge in [0.2, 0.25) is 0 Å². The van der Waals surface area contributed by atoms with E-state index in [4.69, 9.17) is 10.8 Å². The van der Waals surface area contributed by atoms with Gasteiger partial charge in [-0.2, -0.15) is 5.10 Å². The van der Waals surface area contributed by atoms with E-state index < -0.39 is 0 Å². The van der Waals surface area contributed by atoms with Crippen LogP contribution < -0.4 is 11.5 Å². The van der Waals surface area contributed by atoms with Gasteiger partial charge in [-0.1, -0.05) is 13.8 Å². The minimum absolute atomic E-state index is 0.0768. The number of nitrogens with zero attached hydrogens (tertiary/aromatic N) is 3. The van der Waals surface area contributed by atoms with Crippen molar-refractivity contribution in [2.45, 2.75) is 20.4 Å². The fourth-order valence-electron chi connectivity index (χ4n) is 0.723. The second-order valence-corrected chi connectivity index (χ2v) is 1.94. The standard InChI is InChI=1S/C6H10N4O.C2H6.CH5N/c7-5-8-6-1-2-10(9-6)3-4-11;2*1-2/h1-2,5,11H,3-4H2,(H2,7,8,9);1-2H3;2H2,1H3. The molecule has 0 bridgehead atoms. The van der Waals surface area contributed by atoms with E-state index in [0.29, 0.717) is 12.4 Å². The highest BCUT2D eigenvalue weighted by molar-refractivity contribution is 5.56. The summed E-state index contributed by atoms with van der Waals surface area (Å²) in [5.41, 5.74) is 9.55. The predicted octanol–water partition coefficient (Wildman–Crippen LogP) is 0.0950. The Kier molecular flexibility index (Phi) is 13.5. The lowest BCUT2D eigenvalue weighted by molar-refractivity contribution is 0.269. The number of aliphatic hydroxyl groups is 1. The van der Waals surface area contributed by atoms with Gasteiger partial charge in [0.05, 0.1) is 19.5 Å². The summed E-state index contributed by atoms with van der Waals surface area (Å²) in [5, 5.41) is 12.5. The Balaban J connectivity index is 0. The molecule has 0 amide bonds. The predicted molar refractivity (Wildman–Crippen MR) is 63.1 cm³/mol. The molecule has 6 nitrogen and oxygen atoms in total. The molecule has 0 aliphatic rings. The van der Waals surface area contributed by atoms with Crippen molar-refractivity contribution in [3.63, 3.8) is 0 Å². The van der Waals surface area contributed by atoms with Gasteiger partial charge >= 0.3 is 0 Å². The quantitative estimate of drug-likeness (QED) is 0.491.